The Hall–Kier alpha value is -2.14. The van der Waals surface area contributed by atoms with Crippen molar-refractivity contribution in [1.29, 1.82) is 0 Å². The van der Waals surface area contributed by atoms with Gasteiger partial charge < -0.3 is 15.2 Å². The molecule has 1 aliphatic carbocycles. The van der Waals surface area contributed by atoms with Crippen LogP contribution in [0.4, 0.5) is 5.82 Å². The van der Waals surface area contributed by atoms with Crippen LogP contribution in [0.15, 0.2) is 30.5 Å². The fourth-order valence-electron chi connectivity index (χ4n) is 2.10. The third kappa shape index (κ3) is 3.31. The van der Waals surface area contributed by atoms with Crippen molar-refractivity contribution in [2.75, 3.05) is 11.9 Å². The zero-order valence-electron chi connectivity index (χ0n) is 11.9. The number of aliphatic hydroxyl groups is 1. The molecule has 1 fully saturated rings. The third-order valence-corrected chi connectivity index (χ3v) is 3.49. The minimum absolute atomic E-state index is 0.0254. The van der Waals surface area contributed by atoms with Gasteiger partial charge in [0.2, 0.25) is 5.91 Å². The summed E-state index contributed by atoms with van der Waals surface area (Å²) in [5.74, 6) is 1.49. The minimum atomic E-state index is -0.243. The van der Waals surface area contributed by atoms with Gasteiger partial charge in [0, 0.05) is 17.5 Å². The summed E-state index contributed by atoms with van der Waals surface area (Å²) in [5, 5.41) is 13.8. The van der Waals surface area contributed by atoms with Crippen molar-refractivity contribution in [3.8, 4) is 5.75 Å². The first kappa shape index (κ1) is 13.8. The van der Waals surface area contributed by atoms with E-state index in [0.717, 1.165) is 23.6 Å². The Balaban J connectivity index is 1.78. The van der Waals surface area contributed by atoms with E-state index in [1.165, 1.54) is 0 Å². The van der Waals surface area contributed by atoms with Crippen molar-refractivity contribution in [3.63, 3.8) is 0 Å². The molecule has 5 nitrogen and oxygen atoms in total. The molecular weight excluding hydrogens is 268 g/mol. The van der Waals surface area contributed by atoms with E-state index in [9.17, 15) is 4.79 Å². The predicted molar refractivity (Wildman–Crippen MR) is 80.3 cm³/mol. The van der Waals surface area contributed by atoms with Crippen LogP contribution in [-0.2, 0) is 4.79 Å². The SMILES string of the molecule is C[C@H](CO)Oc1ccc2cc(NC(=O)C3CC3)ncc2c1. The summed E-state index contributed by atoms with van der Waals surface area (Å²) in [6.07, 6.45) is 3.42. The van der Waals surface area contributed by atoms with Gasteiger partial charge in [0.15, 0.2) is 0 Å². The summed E-state index contributed by atoms with van der Waals surface area (Å²) in [5.41, 5.74) is 0. The van der Waals surface area contributed by atoms with Crippen LogP contribution in [0.25, 0.3) is 10.8 Å². The number of nitrogens with zero attached hydrogens (tertiary/aromatic N) is 1. The van der Waals surface area contributed by atoms with Crippen LogP contribution in [0.2, 0.25) is 0 Å². The predicted octanol–water partition coefficient (Wildman–Crippen LogP) is 2.34. The molecule has 2 aromatic rings. The first-order chi connectivity index (χ1) is 10.2. The zero-order chi connectivity index (χ0) is 14.8. The van der Waals surface area contributed by atoms with Crippen LogP contribution in [0.5, 0.6) is 5.75 Å². The summed E-state index contributed by atoms with van der Waals surface area (Å²) in [4.78, 5) is 16.0. The number of fused-ring (bicyclic) bond motifs is 1. The van der Waals surface area contributed by atoms with Crippen LogP contribution < -0.4 is 10.1 Å². The van der Waals surface area contributed by atoms with Gasteiger partial charge in [-0.25, -0.2) is 4.98 Å². The number of ether oxygens (including phenoxy) is 1. The number of hydrogen-bond donors (Lipinski definition) is 2. The Morgan fingerprint density at radius 1 is 1.43 bits per heavy atom. The molecule has 1 atom stereocenters. The Morgan fingerprint density at radius 2 is 2.24 bits per heavy atom. The maximum Gasteiger partial charge on any atom is 0.228 e. The normalized spacial score (nSPS) is 15.7. The fourth-order valence-corrected chi connectivity index (χ4v) is 2.10. The van der Waals surface area contributed by atoms with Gasteiger partial charge >= 0.3 is 0 Å². The smallest absolute Gasteiger partial charge is 0.228 e. The first-order valence-corrected chi connectivity index (χ1v) is 7.14. The van der Waals surface area contributed by atoms with Crippen molar-refractivity contribution in [2.24, 2.45) is 5.92 Å². The molecule has 0 spiro atoms. The molecule has 0 unspecified atom stereocenters. The molecule has 1 heterocycles. The highest BCUT2D eigenvalue weighted by molar-refractivity contribution is 5.95. The molecule has 1 saturated carbocycles. The topological polar surface area (TPSA) is 71.5 Å². The third-order valence-electron chi connectivity index (χ3n) is 3.49. The van der Waals surface area contributed by atoms with Crippen molar-refractivity contribution in [3.05, 3.63) is 30.5 Å². The standard InChI is InChI=1S/C16H18N2O3/c1-10(9-19)21-14-5-4-12-7-15(17-8-13(12)6-14)18-16(20)11-2-3-11/h4-8,10-11,19H,2-3,9H2,1H3,(H,17,18,20)/t10-/m1/s1. The lowest BCUT2D eigenvalue weighted by Crippen LogP contribution is -2.16. The van der Waals surface area contributed by atoms with Crippen molar-refractivity contribution >= 4 is 22.5 Å². The molecule has 1 aromatic carbocycles. The molecule has 0 radical (unpaired) electrons. The summed E-state index contributed by atoms with van der Waals surface area (Å²) in [6, 6.07) is 7.50. The highest BCUT2D eigenvalue weighted by Crippen LogP contribution is 2.30. The molecule has 0 bridgehead atoms. The first-order valence-electron chi connectivity index (χ1n) is 7.14. The number of hydrogen-bond acceptors (Lipinski definition) is 4. The highest BCUT2D eigenvalue weighted by atomic mass is 16.5. The van der Waals surface area contributed by atoms with Gasteiger partial charge in [-0.2, -0.15) is 0 Å². The Labute approximate surface area is 123 Å². The number of benzene rings is 1. The second-order valence-corrected chi connectivity index (χ2v) is 5.45. The molecule has 21 heavy (non-hydrogen) atoms. The van der Waals surface area contributed by atoms with E-state index in [2.05, 4.69) is 10.3 Å². The maximum absolute atomic E-state index is 11.7. The van der Waals surface area contributed by atoms with E-state index in [1.54, 1.807) is 13.1 Å². The van der Waals surface area contributed by atoms with Gasteiger partial charge in [0.1, 0.15) is 17.7 Å². The molecule has 3 rings (SSSR count). The lowest BCUT2D eigenvalue weighted by molar-refractivity contribution is -0.117. The quantitative estimate of drug-likeness (QED) is 0.885. The summed E-state index contributed by atoms with van der Waals surface area (Å²) in [6.45, 7) is 1.78. The molecule has 1 aromatic heterocycles. The highest BCUT2D eigenvalue weighted by Gasteiger charge is 2.29. The Morgan fingerprint density at radius 3 is 2.95 bits per heavy atom. The summed E-state index contributed by atoms with van der Waals surface area (Å²) in [7, 11) is 0. The van der Waals surface area contributed by atoms with Crippen LogP contribution >= 0.6 is 0 Å². The number of amides is 1. The number of anilines is 1. The van der Waals surface area contributed by atoms with Gasteiger partial charge in [-0.05, 0) is 43.4 Å². The number of rotatable bonds is 5. The van der Waals surface area contributed by atoms with Gasteiger partial charge in [-0.15, -0.1) is 0 Å². The molecule has 0 aliphatic heterocycles. The average Bonchev–Trinajstić information content (AvgIpc) is 3.32. The number of aliphatic hydroxyl groups excluding tert-OH is 1. The van der Waals surface area contributed by atoms with Crippen molar-refractivity contribution in [1.82, 2.24) is 4.98 Å². The minimum Gasteiger partial charge on any atom is -0.488 e. The number of nitrogens with one attached hydrogen (secondary N) is 1. The monoisotopic (exact) mass is 286 g/mol. The van der Waals surface area contributed by atoms with Crippen LogP contribution in [0.3, 0.4) is 0 Å². The van der Waals surface area contributed by atoms with E-state index in [0.29, 0.717) is 11.6 Å². The second-order valence-electron chi connectivity index (χ2n) is 5.45. The van der Waals surface area contributed by atoms with E-state index in [-0.39, 0.29) is 24.5 Å². The molecule has 5 heteroatoms. The summed E-state index contributed by atoms with van der Waals surface area (Å²) >= 11 is 0. The largest absolute Gasteiger partial charge is 0.488 e. The van der Waals surface area contributed by atoms with Gasteiger partial charge in [-0.3, -0.25) is 4.79 Å². The Bertz CT molecular complexity index is 668. The second kappa shape index (κ2) is 5.69. The van der Waals surface area contributed by atoms with E-state index in [4.69, 9.17) is 9.84 Å². The lowest BCUT2D eigenvalue weighted by atomic mass is 10.1. The van der Waals surface area contributed by atoms with Crippen LogP contribution in [0, 0.1) is 5.92 Å². The Kier molecular flexibility index (Phi) is 3.75. The molecule has 110 valence electrons. The van der Waals surface area contributed by atoms with Crippen molar-refractivity contribution in [2.45, 2.75) is 25.9 Å². The molecule has 1 amide bonds. The van der Waals surface area contributed by atoms with Gasteiger partial charge in [-0.1, -0.05) is 6.07 Å². The van der Waals surface area contributed by atoms with E-state index in [1.807, 2.05) is 24.3 Å². The number of carbonyl (C=O) groups is 1. The van der Waals surface area contributed by atoms with Gasteiger partial charge in [0.25, 0.3) is 0 Å². The molecule has 0 saturated heterocycles. The molecule has 1 aliphatic rings. The average molecular weight is 286 g/mol. The number of carbonyl (C=O) groups excluding carboxylic acids is 1. The van der Waals surface area contributed by atoms with Crippen LogP contribution in [0.1, 0.15) is 19.8 Å². The molecule has 2 N–H and O–H groups in total. The zero-order valence-corrected chi connectivity index (χ0v) is 11.9. The summed E-state index contributed by atoms with van der Waals surface area (Å²) < 4.78 is 5.56. The van der Waals surface area contributed by atoms with Gasteiger partial charge in [0.05, 0.1) is 6.61 Å². The van der Waals surface area contributed by atoms with E-state index >= 15 is 0 Å². The fraction of sp³-hybridized carbons (Fsp3) is 0.375. The molecular formula is C16H18N2O3. The number of aromatic nitrogens is 1. The van der Waals surface area contributed by atoms with Crippen molar-refractivity contribution < 1.29 is 14.6 Å². The maximum atomic E-state index is 11.7. The number of pyridine rings is 1. The van der Waals surface area contributed by atoms with E-state index < -0.39 is 0 Å². The lowest BCUT2D eigenvalue weighted by Gasteiger charge is -2.12. The van der Waals surface area contributed by atoms with Crippen LogP contribution in [-0.4, -0.2) is 28.7 Å².